The topological polar surface area (TPSA) is 45.1 Å². The summed E-state index contributed by atoms with van der Waals surface area (Å²) in [4.78, 5) is 4.13. The number of nitrogens with zero attached hydrogens (tertiary/aromatic N) is 1. The minimum atomic E-state index is -0.156. The van der Waals surface area contributed by atoms with Crippen LogP contribution >= 0.6 is 22.9 Å². The van der Waals surface area contributed by atoms with Crippen molar-refractivity contribution in [1.29, 1.82) is 0 Å². The zero-order valence-electron chi connectivity index (χ0n) is 12.1. The van der Waals surface area contributed by atoms with Gasteiger partial charge in [-0.25, -0.2) is 4.98 Å². The molecule has 0 aromatic carbocycles. The number of aromatic nitrogens is 1. The van der Waals surface area contributed by atoms with Gasteiger partial charge in [0.25, 0.3) is 0 Å². The van der Waals surface area contributed by atoms with E-state index in [1.54, 1.807) is 17.5 Å². The molecule has 0 unspecified atom stereocenters. The van der Waals surface area contributed by atoms with Crippen LogP contribution < -0.4 is 5.32 Å². The van der Waals surface area contributed by atoms with Gasteiger partial charge in [0.1, 0.15) is 5.15 Å². The summed E-state index contributed by atoms with van der Waals surface area (Å²) in [7, 11) is 0. The first-order valence-corrected chi connectivity index (χ1v) is 8.67. The Kier molecular flexibility index (Phi) is 4.99. The molecule has 114 valence electrons. The molecular formula is C17H17ClN2OS. The number of aliphatic hydroxyl groups is 1. The molecule has 1 saturated carbocycles. The predicted molar refractivity (Wildman–Crippen MR) is 91.4 cm³/mol. The van der Waals surface area contributed by atoms with E-state index in [0.717, 1.165) is 42.5 Å². The molecule has 2 aromatic heterocycles. The standard InChI is InChI=1S/C17H17ClN2OS/c18-17-9-16(20-14-3-5-15(21)6-4-14)13(10-19-17)2-1-12-7-8-22-11-12/h7-11,14-15,21H,3-6H2,(H,19,20). The summed E-state index contributed by atoms with van der Waals surface area (Å²) in [5.74, 6) is 6.31. The Morgan fingerprint density at radius 1 is 1.27 bits per heavy atom. The van der Waals surface area contributed by atoms with E-state index in [-0.39, 0.29) is 6.10 Å². The molecule has 0 atom stereocenters. The highest BCUT2D eigenvalue weighted by Crippen LogP contribution is 2.25. The SMILES string of the molecule is OC1CCC(Nc2cc(Cl)ncc2C#Cc2ccsc2)CC1. The molecule has 5 heteroatoms. The van der Waals surface area contributed by atoms with Crippen LogP contribution in [0.2, 0.25) is 5.15 Å². The van der Waals surface area contributed by atoms with E-state index < -0.39 is 0 Å². The second-order valence-electron chi connectivity index (χ2n) is 5.46. The van der Waals surface area contributed by atoms with Crippen LogP contribution in [0.15, 0.2) is 29.1 Å². The number of hydrogen-bond donors (Lipinski definition) is 2. The van der Waals surface area contributed by atoms with Crippen molar-refractivity contribution in [1.82, 2.24) is 4.98 Å². The Bertz CT molecular complexity index is 682. The number of hydrogen-bond acceptors (Lipinski definition) is 4. The first-order valence-electron chi connectivity index (χ1n) is 7.35. The lowest BCUT2D eigenvalue weighted by Gasteiger charge is -2.27. The molecule has 1 aliphatic rings. The van der Waals surface area contributed by atoms with Crippen molar-refractivity contribution >= 4 is 28.6 Å². The summed E-state index contributed by atoms with van der Waals surface area (Å²) in [6, 6.07) is 4.17. The second kappa shape index (κ2) is 7.15. The van der Waals surface area contributed by atoms with Crippen LogP contribution in [0.1, 0.15) is 36.8 Å². The zero-order chi connectivity index (χ0) is 15.4. The van der Waals surface area contributed by atoms with Gasteiger partial charge in [0.2, 0.25) is 0 Å². The third-order valence-corrected chi connectivity index (χ3v) is 4.68. The molecule has 1 aliphatic carbocycles. The van der Waals surface area contributed by atoms with Gasteiger partial charge in [0.05, 0.1) is 17.4 Å². The lowest BCUT2D eigenvalue weighted by atomic mass is 9.93. The summed E-state index contributed by atoms with van der Waals surface area (Å²) in [6.45, 7) is 0. The molecule has 0 radical (unpaired) electrons. The van der Waals surface area contributed by atoms with Crippen LogP contribution in [-0.2, 0) is 0 Å². The molecule has 0 bridgehead atoms. The Morgan fingerprint density at radius 3 is 2.82 bits per heavy atom. The maximum atomic E-state index is 9.60. The van der Waals surface area contributed by atoms with Crippen molar-refractivity contribution in [2.24, 2.45) is 0 Å². The highest BCUT2D eigenvalue weighted by Gasteiger charge is 2.19. The minimum Gasteiger partial charge on any atom is -0.393 e. The fourth-order valence-corrected chi connectivity index (χ4v) is 3.31. The number of pyridine rings is 1. The number of thiophene rings is 1. The van der Waals surface area contributed by atoms with E-state index in [1.807, 2.05) is 22.9 Å². The first kappa shape index (κ1) is 15.4. The van der Waals surface area contributed by atoms with E-state index >= 15 is 0 Å². The number of nitrogens with one attached hydrogen (secondary N) is 1. The molecule has 1 fully saturated rings. The van der Waals surface area contributed by atoms with E-state index in [0.29, 0.717) is 11.2 Å². The molecule has 2 N–H and O–H groups in total. The largest absolute Gasteiger partial charge is 0.393 e. The number of anilines is 1. The summed E-state index contributed by atoms with van der Waals surface area (Å²) < 4.78 is 0. The van der Waals surface area contributed by atoms with Crippen molar-refractivity contribution < 1.29 is 5.11 Å². The number of aliphatic hydroxyl groups excluding tert-OH is 1. The Balaban J connectivity index is 1.79. The Labute approximate surface area is 139 Å². The van der Waals surface area contributed by atoms with E-state index in [2.05, 4.69) is 22.1 Å². The van der Waals surface area contributed by atoms with Gasteiger partial charge in [-0.05, 0) is 43.2 Å². The van der Waals surface area contributed by atoms with Gasteiger partial charge in [-0.2, -0.15) is 11.3 Å². The highest BCUT2D eigenvalue weighted by molar-refractivity contribution is 7.08. The summed E-state index contributed by atoms with van der Waals surface area (Å²) in [5, 5.41) is 17.6. The zero-order valence-corrected chi connectivity index (χ0v) is 13.6. The molecule has 0 amide bonds. The Hall–Kier alpha value is -1.54. The summed E-state index contributed by atoms with van der Waals surface area (Å²) in [6.07, 6.45) is 5.15. The van der Waals surface area contributed by atoms with E-state index in [1.165, 1.54) is 0 Å². The molecule has 3 rings (SSSR count). The van der Waals surface area contributed by atoms with Crippen LogP contribution in [0, 0.1) is 11.8 Å². The molecule has 22 heavy (non-hydrogen) atoms. The van der Waals surface area contributed by atoms with Gasteiger partial charge < -0.3 is 10.4 Å². The lowest BCUT2D eigenvalue weighted by molar-refractivity contribution is 0.126. The molecule has 2 aromatic rings. The van der Waals surface area contributed by atoms with Crippen LogP contribution in [-0.4, -0.2) is 22.2 Å². The average molecular weight is 333 g/mol. The van der Waals surface area contributed by atoms with E-state index in [9.17, 15) is 5.11 Å². The fraction of sp³-hybridized carbons (Fsp3) is 0.353. The maximum Gasteiger partial charge on any atom is 0.131 e. The van der Waals surface area contributed by atoms with Gasteiger partial charge in [-0.3, -0.25) is 0 Å². The Morgan fingerprint density at radius 2 is 2.09 bits per heavy atom. The van der Waals surface area contributed by atoms with Gasteiger partial charge in [0, 0.05) is 23.2 Å². The molecule has 2 heterocycles. The molecule has 0 aliphatic heterocycles. The van der Waals surface area contributed by atoms with Crippen molar-refractivity contribution in [3.8, 4) is 11.8 Å². The van der Waals surface area contributed by atoms with Gasteiger partial charge in [-0.15, -0.1) is 0 Å². The van der Waals surface area contributed by atoms with E-state index in [4.69, 9.17) is 11.6 Å². The summed E-state index contributed by atoms with van der Waals surface area (Å²) in [5.41, 5.74) is 2.78. The normalized spacial score (nSPS) is 21.0. The molecular weight excluding hydrogens is 316 g/mol. The van der Waals surface area contributed by atoms with Gasteiger partial charge in [0.15, 0.2) is 0 Å². The third kappa shape index (κ3) is 4.01. The predicted octanol–water partition coefficient (Wildman–Crippen LogP) is 3.91. The van der Waals surface area contributed by atoms with Crippen molar-refractivity contribution in [3.05, 3.63) is 45.4 Å². The first-order chi connectivity index (χ1) is 10.7. The molecule has 0 saturated heterocycles. The second-order valence-corrected chi connectivity index (χ2v) is 6.63. The van der Waals surface area contributed by atoms with Crippen LogP contribution in [0.25, 0.3) is 0 Å². The monoisotopic (exact) mass is 332 g/mol. The summed E-state index contributed by atoms with van der Waals surface area (Å²) >= 11 is 7.65. The maximum absolute atomic E-state index is 9.60. The van der Waals surface area contributed by atoms with Crippen LogP contribution in [0.4, 0.5) is 5.69 Å². The van der Waals surface area contributed by atoms with Gasteiger partial charge in [-0.1, -0.05) is 23.4 Å². The fourth-order valence-electron chi connectivity index (χ4n) is 2.56. The molecule has 0 spiro atoms. The third-order valence-electron chi connectivity index (χ3n) is 3.79. The number of rotatable bonds is 2. The average Bonchev–Trinajstić information content (AvgIpc) is 3.02. The minimum absolute atomic E-state index is 0.156. The van der Waals surface area contributed by atoms with Crippen LogP contribution in [0.3, 0.4) is 0 Å². The smallest absolute Gasteiger partial charge is 0.131 e. The van der Waals surface area contributed by atoms with Crippen molar-refractivity contribution in [3.63, 3.8) is 0 Å². The van der Waals surface area contributed by atoms with Crippen molar-refractivity contribution in [2.45, 2.75) is 37.8 Å². The van der Waals surface area contributed by atoms with Crippen LogP contribution in [0.5, 0.6) is 0 Å². The van der Waals surface area contributed by atoms with Crippen molar-refractivity contribution in [2.75, 3.05) is 5.32 Å². The quantitative estimate of drug-likeness (QED) is 0.647. The molecule has 3 nitrogen and oxygen atoms in total. The highest BCUT2D eigenvalue weighted by atomic mass is 35.5. The van der Waals surface area contributed by atoms with Gasteiger partial charge >= 0.3 is 0 Å². The number of halogens is 1. The lowest BCUT2D eigenvalue weighted by Crippen LogP contribution is -2.28.